The summed E-state index contributed by atoms with van der Waals surface area (Å²) in [7, 11) is 0. The minimum absolute atomic E-state index is 0.0713. The lowest BCUT2D eigenvalue weighted by molar-refractivity contribution is -0.361. The van der Waals surface area contributed by atoms with E-state index in [2.05, 4.69) is 4.98 Å². The van der Waals surface area contributed by atoms with Crippen molar-refractivity contribution in [3.63, 3.8) is 0 Å². The Bertz CT molecular complexity index is 1080. The van der Waals surface area contributed by atoms with Crippen molar-refractivity contribution in [1.29, 1.82) is 0 Å². The van der Waals surface area contributed by atoms with E-state index < -0.39 is 23.8 Å². The van der Waals surface area contributed by atoms with Gasteiger partial charge < -0.3 is 9.72 Å². The van der Waals surface area contributed by atoms with Crippen LogP contribution < -0.4 is 4.74 Å². The zero-order chi connectivity index (χ0) is 21.8. The van der Waals surface area contributed by atoms with E-state index in [9.17, 15) is 30.7 Å². The molecule has 0 aliphatic heterocycles. The fourth-order valence-electron chi connectivity index (χ4n) is 2.24. The Kier molecular flexibility index (Phi) is 5.34. The Balaban J connectivity index is 2.03. The van der Waals surface area contributed by atoms with Crippen molar-refractivity contribution in [3.8, 4) is 11.5 Å². The number of halogens is 10. The lowest BCUT2D eigenvalue weighted by Gasteiger charge is -2.26. The lowest BCUT2D eigenvalue weighted by atomic mass is 10.1. The molecule has 3 aromatic rings. The van der Waals surface area contributed by atoms with E-state index in [0.29, 0.717) is 5.02 Å². The van der Waals surface area contributed by atoms with Gasteiger partial charge in [0.2, 0.25) is 0 Å². The Morgan fingerprint density at radius 3 is 2.03 bits per heavy atom. The number of ether oxygens (including phenoxy) is 1. The topological polar surface area (TPSA) is 37.9 Å². The van der Waals surface area contributed by atoms with Gasteiger partial charge in [0.05, 0.1) is 21.1 Å². The quantitative estimate of drug-likeness (QED) is 0.390. The van der Waals surface area contributed by atoms with Crippen molar-refractivity contribution in [2.75, 3.05) is 0 Å². The van der Waals surface area contributed by atoms with E-state index in [1.54, 1.807) is 4.98 Å². The maximum absolute atomic E-state index is 13.8. The van der Waals surface area contributed by atoms with Crippen LogP contribution in [-0.2, 0) is 5.92 Å². The van der Waals surface area contributed by atoms with E-state index in [1.807, 2.05) is 0 Å². The molecule has 1 heterocycles. The van der Waals surface area contributed by atoms with Crippen LogP contribution in [0.15, 0.2) is 30.3 Å². The third-order valence-electron chi connectivity index (χ3n) is 3.70. The summed E-state index contributed by atoms with van der Waals surface area (Å²) in [5, 5.41) is 0.200. The van der Waals surface area contributed by atoms with Crippen LogP contribution in [0.1, 0.15) is 5.82 Å². The van der Waals surface area contributed by atoms with Gasteiger partial charge in [-0.2, -0.15) is 30.7 Å². The number of alkyl halides is 7. The molecule has 0 spiro atoms. The molecule has 29 heavy (non-hydrogen) atoms. The molecule has 0 radical (unpaired) electrons. The summed E-state index contributed by atoms with van der Waals surface area (Å²) in [6, 6.07) is 6.11. The van der Waals surface area contributed by atoms with Crippen LogP contribution in [0.3, 0.4) is 0 Å². The van der Waals surface area contributed by atoms with Gasteiger partial charge in [0.1, 0.15) is 11.5 Å². The van der Waals surface area contributed by atoms with Gasteiger partial charge in [-0.25, -0.2) is 4.98 Å². The van der Waals surface area contributed by atoms with Crippen molar-refractivity contribution in [3.05, 3.63) is 51.2 Å². The Labute approximate surface area is 172 Å². The standard InChI is InChI=1S/C16H6Cl3F7N2O/c17-6-1-2-11(7(18)3-6)29-12-5-10-9(4-8(12)19)27-13(28-10)14(20,21)15(22,23)16(24,25)26/h1-5H,(H,27,28). The molecule has 1 aromatic heterocycles. The second-order valence-corrected chi connectivity index (χ2v) is 6.96. The van der Waals surface area contributed by atoms with Gasteiger partial charge in [0, 0.05) is 11.1 Å². The molecule has 2 aromatic carbocycles. The molecule has 1 N–H and O–H groups in total. The number of aromatic nitrogens is 2. The summed E-state index contributed by atoms with van der Waals surface area (Å²) in [5.74, 6) is -14.0. The fourth-order valence-corrected chi connectivity index (χ4v) is 2.89. The third kappa shape index (κ3) is 3.80. The SMILES string of the molecule is FC(F)(F)C(F)(F)C(F)(F)c1nc2cc(Oc3ccc(Cl)cc3Cl)c(Cl)cc2[nH]1. The van der Waals surface area contributed by atoms with Crippen LogP contribution in [0.2, 0.25) is 15.1 Å². The molecule has 156 valence electrons. The van der Waals surface area contributed by atoms with Crippen molar-refractivity contribution < 1.29 is 35.5 Å². The molecule has 0 saturated heterocycles. The molecule has 0 unspecified atom stereocenters. The van der Waals surface area contributed by atoms with Gasteiger partial charge in [-0.15, -0.1) is 0 Å². The normalized spacial score (nSPS) is 13.2. The zero-order valence-corrected chi connectivity index (χ0v) is 15.8. The highest BCUT2D eigenvalue weighted by molar-refractivity contribution is 6.35. The zero-order valence-electron chi connectivity index (χ0n) is 13.5. The van der Waals surface area contributed by atoms with E-state index in [-0.39, 0.29) is 32.6 Å². The molecular formula is C16H6Cl3F7N2O. The first kappa shape index (κ1) is 21.8. The van der Waals surface area contributed by atoms with Gasteiger partial charge >= 0.3 is 18.0 Å². The fraction of sp³-hybridized carbons (Fsp3) is 0.188. The maximum Gasteiger partial charge on any atom is 0.460 e. The van der Waals surface area contributed by atoms with E-state index in [0.717, 1.165) is 12.1 Å². The number of fused-ring (bicyclic) bond motifs is 1. The molecule has 0 atom stereocenters. The van der Waals surface area contributed by atoms with Gasteiger partial charge in [0.15, 0.2) is 5.82 Å². The molecule has 0 amide bonds. The lowest BCUT2D eigenvalue weighted by Crippen LogP contribution is -2.50. The van der Waals surface area contributed by atoms with Gasteiger partial charge in [-0.3, -0.25) is 0 Å². The first-order valence-electron chi connectivity index (χ1n) is 7.39. The smallest absolute Gasteiger partial charge is 0.454 e. The molecule has 0 aliphatic carbocycles. The van der Waals surface area contributed by atoms with Crippen LogP contribution in [0.5, 0.6) is 11.5 Å². The minimum atomic E-state index is -6.49. The van der Waals surface area contributed by atoms with Crippen molar-refractivity contribution in [1.82, 2.24) is 9.97 Å². The summed E-state index contributed by atoms with van der Waals surface area (Å²) in [4.78, 5) is 4.91. The van der Waals surface area contributed by atoms with E-state index in [4.69, 9.17) is 39.5 Å². The molecule has 13 heteroatoms. The monoisotopic (exact) mass is 480 g/mol. The highest BCUT2D eigenvalue weighted by Crippen LogP contribution is 2.51. The van der Waals surface area contributed by atoms with Crippen LogP contribution in [-0.4, -0.2) is 22.1 Å². The van der Waals surface area contributed by atoms with Gasteiger partial charge in [0.25, 0.3) is 0 Å². The average molecular weight is 482 g/mol. The largest absolute Gasteiger partial charge is 0.460 e. The van der Waals surface area contributed by atoms with Crippen LogP contribution in [0, 0.1) is 0 Å². The third-order valence-corrected chi connectivity index (χ3v) is 4.52. The summed E-state index contributed by atoms with van der Waals surface area (Å²) in [6.07, 6.45) is -6.49. The molecular weight excluding hydrogens is 476 g/mol. The van der Waals surface area contributed by atoms with E-state index in [1.165, 1.54) is 18.2 Å². The van der Waals surface area contributed by atoms with Crippen molar-refractivity contribution in [2.24, 2.45) is 0 Å². The summed E-state index contributed by atoms with van der Waals surface area (Å²) < 4.78 is 96.7. The van der Waals surface area contributed by atoms with Crippen LogP contribution in [0.25, 0.3) is 11.0 Å². The second kappa shape index (κ2) is 7.10. The van der Waals surface area contributed by atoms with Crippen LogP contribution in [0.4, 0.5) is 30.7 Å². The molecule has 0 bridgehead atoms. The van der Waals surface area contributed by atoms with Crippen molar-refractivity contribution >= 4 is 45.8 Å². The predicted octanol–water partition coefficient (Wildman–Crippen LogP) is 7.60. The Hall–Kier alpha value is -1.91. The highest BCUT2D eigenvalue weighted by Gasteiger charge is 2.74. The van der Waals surface area contributed by atoms with Gasteiger partial charge in [-0.1, -0.05) is 34.8 Å². The number of rotatable bonds is 4. The molecule has 0 saturated carbocycles. The first-order valence-corrected chi connectivity index (χ1v) is 8.52. The summed E-state index contributed by atoms with van der Waals surface area (Å²) in [5.41, 5.74) is -0.695. The Morgan fingerprint density at radius 1 is 0.828 bits per heavy atom. The number of hydrogen-bond acceptors (Lipinski definition) is 2. The molecule has 0 aliphatic rings. The maximum atomic E-state index is 13.8. The number of imidazole rings is 1. The number of aromatic amines is 1. The number of nitrogens with one attached hydrogen (secondary N) is 1. The van der Waals surface area contributed by atoms with Crippen LogP contribution >= 0.6 is 34.8 Å². The van der Waals surface area contributed by atoms with Crippen molar-refractivity contribution in [2.45, 2.75) is 18.0 Å². The average Bonchev–Trinajstić information content (AvgIpc) is 2.99. The number of nitrogens with zero attached hydrogens (tertiary/aromatic N) is 1. The molecule has 3 nitrogen and oxygen atoms in total. The number of hydrogen-bond donors (Lipinski definition) is 1. The summed E-state index contributed by atoms with van der Waals surface area (Å²) in [6.45, 7) is 0. The first-order chi connectivity index (χ1) is 13.2. The number of H-pyrrole nitrogens is 1. The minimum Gasteiger partial charge on any atom is -0.454 e. The van der Waals surface area contributed by atoms with E-state index >= 15 is 0 Å². The molecule has 0 fully saturated rings. The predicted molar refractivity (Wildman–Crippen MR) is 92.5 cm³/mol. The highest BCUT2D eigenvalue weighted by atomic mass is 35.5. The molecule has 3 rings (SSSR count). The second-order valence-electron chi connectivity index (χ2n) is 5.71. The van der Waals surface area contributed by atoms with Gasteiger partial charge in [-0.05, 0) is 24.3 Å². The number of benzene rings is 2. The Morgan fingerprint density at radius 2 is 1.45 bits per heavy atom. The summed E-state index contributed by atoms with van der Waals surface area (Å²) >= 11 is 17.7.